The van der Waals surface area contributed by atoms with Gasteiger partial charge < -0.3 is 5.73 Å². The van der Waals surface area contributed by atoms with Gasteiger partial charge >= 0.3 is 0 Å². The van der Waals surface area contributed by atoms with Gasteiger partial charge in [0.1, 0.15) is 0 Å². The normalized spacial score (nSPS) is 13.3. The third kappa shape index (κ3) is 2.80. The predicted molar refractivity (Wildman–Crippen MR) is 58.9 cm³/mol. The quantitative estimate of drug-likeness (QED) is 0.866. The van der Waals surface area contributed by atoms with Crippen LogP contribution >= 0.6 is 23.2 Å². The van der Waals surface area contributed by atoms with Gasteiger partial charge in [0, 0.05) is 15.6 Å². The average Bonchev–Trinajstić information content (AvgIpc) is 2.16. The van der Waals surface area contributed by atoms with Crippen LogP contribution in [0.1, 0.15) is 30.4 Å². The van der Waals surface area contributed by atoms with Gasteiger partial charge in [0.05, 0.1) is 0 Å². The minimum absolute atomic E-state index is 0.0447. The summed E-state index contributed by atoms with van der Waals surface area (Å²) in [5.41, 5.74) is 5.94. The summed E-state index contributed by atoms with van der Waals surface area (Å²) in [7, 11) is 0. The highest BCUT2D eigenvalue weighted by Gasteiger charge is 2.17. The summed E-state index contributed by atoms with van der Waals surface area (Å²) < 4.78 is 24.8. The van der Waals surface area contributed by atoms with Crippen molar-refractivity contribution in [3.63, 3.8) is 0 Å². The van der Waals surface area contributed by atoms with Crippen LogP contribution in [0.2, 0.25) is 10.0 Å². The molecule has 0 radical (unpaired) electrons. The van der Waals surface area contributed by atoms with E-state index in [1.165, 1.54) is 12.1 Å². The van der Waals surface area contributed by atoms with E-state index < -0.39 is 6.43 Å². The van der Waals surface area contributed by atoms with Gasteiger partial charge in [-0.2, -0.15) is 0 Å². The highest BCUT2D eigenvalue weighted by Crippen LogP contribution is 2.35. The van der Waals surface area contributed by atoms with Crippen molar-refractivity contribution in [2.45, 2.75) is 19.3 Å². The Labute approximate surface area is 97.2 Å². The maximum Gasteiger partial charge on any atom is 0.263 e. The first kappa shape index (κ1) is 12.7. The summed E-state index contributed by atoms with van der Waals surface area (Å²) in [4.78, 5) is 0. The van der Waals surface area contributed by atoms with Crippen LogP contribution in [-0.4, -0.2) is 6.54 Å². The lowest BCUT2D eigenvalue weighted by Crippen LogP contribution is -2.10. The molecule has 15 heavy (non-hydrogen) atoms. The van der Waals surface area contributed by atoms with Crippen LogP contribution in [0.5, 0.6) is 0 Å². The Morgan fingerprint density at radius 3 is 2.07 bits per heavy atom. The molecule has 0 heterocycles. The van der Waals surface area contributed by atoms with Gasteiger partial charge in [0.2, 0.25) is 0 Å². The van der Waals surface area contributed by atoms with Crippen LogP contribution in [0.4, 0.5) is 8.78 Å². The monoisotopic (exact) mass is 253 g/mol. The fourth-order valence-electron chi connectivity index (χ4n) is 1.32. The van der Waals surface area contributed by atoms with Crippen molar-refractivity contribution in [1.29, 1.82) is 0 Å². The van der Waals surface area contributed by atoms with Crippen LogP contribution in [0, 0.1) is 0 Å². The summed E-state index contributed by atoms with van der Waals surface area (Å²) in [5.74, 6) is -0.0447. The van der Waals surface area contributed by atoms with E-state index in [2.05, 4.69) is 0 Å². The molecule has 0 saturated carbocycles. The molecule has 0 saturated heterocycles. The molecule has 1 aromatic carbocycles. The smallest absolute Gasteiger partial charge is 0.263 e. The van der Waals surface area contributed by atoms with E-state index in [4.69, 9.17) is 28.9 Å². The number of halogens is 4. The molecule has 0 spiro atoms. The molecule has 0 aliphatic carbocycles. The molecule has 84 valence electrons. The van der Waals surface area contributed by atoms with Crippen LogP contribution < -0.4 is 5.73 Å². The number of rotatable bonds is 3. The van der Waals surface area contributed by atoms with E-state index >= 15 is 0 Å². The molecule has 2 N–H and O–H groups in total. The Balaban J connectivity index is 3.21. The molecule has 0 aliphatic rings. The van der Waals surface area contributed by atoms with Gasteiger partial charge in [-0.25, -0.2) is 8.78 Å². The molecule has 1 aromatic rings. The molecule has 0 aromatic heterocycles. The summed E-state index contributed by atoms with van der Waals surface area (Å²) in [6.07, 6.45) is -2.57. The van der Waals surface area contributed by atoms with Crippen LogP contribution in [0.25, 0.3) is 0 Å². The van der Waals surface area contributed by atoms with Crippen molar-refractivity contribution in [3.05, 3.63) is 33.3 Å². The van der Waals surface area contributed by atoms with Crippen LogP contribution in [0.15, 0.2) is 12.1 Å². The summed E-state index contributed by atoms with van der Waals surface area (Å²) in [6.45, 7) is 2.21. The lowest BCUT2D eigenvalue weighted by molar-refractivity contribution is 0.151. The van der Waals surface area contributed by atoms with Crippen molar-refractivity contribution in [2.75, 3.05) is 6.54 Å². The number of hydrogen-bond acceptors (Lipinski definition) is 1. The first-order valence-electron chi connectivity index (χ1n) is 4.44. The third-order valence-electron chi connectivity index (χ3n) is 2.20. The first-order chi connectivity index (χ1) is 6.97. The Morgan fingerprint density at radius 1 is 1.27 bits per heavy atom. The predicted octanol–water partition coefficient (Wildman–Crippen LogP) is 3.99. The maximum absolute atomic E-state index is 12.4. The third-order valence-corrected chi connectivity index (χ3v) is 2.83. The molecule has 5 heteroatoms. The second kappa shape index (κ2) is 5.10. The van der Waals surface area contributed by atoms with Gasteiger partial charge in [0.15, 0.2) is 0 Å². The highest BCUT2D eigenvalue weighted by molar-refractivity contribution is 6.36. The lowest BCUT2D eigenvalue weighted by atomic mass is 10.00. The van der Waals surface area contributed by atoms with Crippen molar-refractivity contribution in [1.82, 2.24) is 0 Å². The van der Waals surface area contributed by atoms with E-state index in [1.807, 2.05) is 6.92 Å². The van der Waals surface area contributed by atoms with E-state index in [0.29, 0.717) is 12.1 Å². The zero-order valence-corrected chi connectivity index (χ0v) is 9.62. The van der Waals surface area contributed by atoms with Gasteiger partial charge in [-0.1, -0.05) is 30.1 Å². The molecule has 0 aliphatic heterocycles. The van der Waals surface area contributed by atoms with Crippen molar-refractivity contribution in [2.24, 2.45) is 5.73 Å². The van der Waals surface area contributed by atoms with Crippen molar-refractivity contribution < 1.29 is 8.78 Å². The number of hydrogen-bond donors (Lipinski definition) is 1. The molecule has 0 bridgehead atoms. The van der Waals surface area contributed by atoms with Crippen molar-refractivity contribution in [3.8, 4) is 0 Å². The van der Waals surface area contributed by atoms with Crippen LogP contribution in [0.3, 0.4) is 0 Å². The second-order valence-electron chi connectivity index (χ2n) is 3.34. The summed E-state index contributed by atoms with van der Waals surface area (Å²) in [5, 5.41) is 0.492. The number of benzene rings is 1. The van der Waals surface area contributed by atoms with Gasteiger partial charge in [-0.3, -0.25) is 0 Å². The maximum atomic E-state index is 12.4. The molecule has 1 rings (SSSR count). The molecular weight excluding hydrogens is 243 g/mol. The standard InChI is InChI=1S/C10H11Cl2F2N/c1-5(4-15)9-7(11)2-6(10(13)14)3-8(9)12/h2-3,5,10H,4,15H2,1H3. The Kier molecular flexibility index (Phi) is 4.32. The topological polar surface area (TPSA) is 26.0 Å². The molecular formula is C10H11Cl2F2N. The summed E-state index contributed by atoms with van der Waals surface area (Å²) >= 11 is 11.8. The molecule has 1 atom stereocenters. The van der Waals surface area contributed by atoms with Gasteiger partial charge in [-0.15, -0.1) is 0 Å². The molecule has 1 unspecified atom stereocenters. The van der Waals surface area contributed by atoms with E-state index in [1.54, 1.807) is 0 Å². The highest BCUT2D eigenvalue weighted by atomic mass is 35.5. The average molecular weight is 254 g/mol. The number of nitrogens with two attached hydrogens (primary N) is 1. The van der Waals surface area contributed by atoms with Crippen LogP contribution in [-0.2, 0) is 0 Å². The zero-order valence-electron chi connectivity index (χ0n) is 8.11. The fourth-order valence-corrected chi connectivity index (χ4v) is 2.19. The van der Waals surface area contributed by atoms with Crippen molar-refractivity contribution >= 4 is 23.2 Å². The minimum Gasteiger partial charge on any atom is -0.330 e. The minimum atomic E-state index is -2.57. The molecule has 0 fully saturated rings. The van der Waals surface area contributed by atoms with E-state index in [-0.39, 0.29) is 21.5 Å². The second-order valence-corrected chi connectivity index (χ2v) is 4.15. The van der Waals surface area contributed by atoms with Gasteiger partial charge in [-0.05, 0) is 30.2 Å². The van der Waals surface area contributed by atoms with Gasteiger partial charge in [0.25, 0.3) is 6.43 Å². The fraction of sp³-hybridized carbons (Fsp3) is 0.400. The Hall–Kier alpha value is -0.380. The first-order valence-corrected chi connectivity index (χ1v) is 5.20. The largest absolute Gasteiger partial charge is 0.330 e. The summed E-state index contributed by atoms with van der Waals surface area (Å²) in [6, 6.07) is 2.47. The lowest BCUT2D eigenvalue weighted by Gasteiger charge is -2.14. The Bertz CT molecular complexity index is 332. The number of alkyl halides is 2. The SMILES string of the molecule is CC(CN)c1c(Cl)cc(C(F)F)cc1Cl. The molecule has 0 amide bonds. The van der Waals surface area contributed by atoms with E-state index in [0.717, 1.165) is 0 Å². The zero-order chi connectivity index (χ0) is 11.6. The Morgan fingerprint density at radius 2 is 1.73 bits per heavy atom. The molecule has 1 nitrogen and oxygen atoms in total. The van der Waals surface area contributed by atoms with E-state index in [9.17, 15) is 8.78 Å².